The standard InChI is InChI=1S/C14H22N2/c1-11-7-8-13(10-16-11)12-5-3-4-6-14(9-12)15-2/h7-8,10,12,14-15H,3-6,9H2,1-2H3. The number of hydrogen-bond donors (Lipinski definition) is 1. The van der Waals surface area contributed by atoms with Crippen LogP contribution in [0.25, 0.3) is 0 Å². The molecule has 2 rings (SSSR count). The summed E-state index contributed by atoms with van der Waals surface area (Å²) in [6.45, 7) is 2.05. The van der Waals surface area contributed by atoms with E-state index in [2.05, 4.69) is 35.7 Å². The highest BCUT2D eigenvalue weighted by molar-refractivity contribution is 5.18. The lowest BCUT2D eigenvalue weighted by molar-refractivity contribution is 0.470. The molecule has 0 aromatic carbocycles. The van der Waals surface area contributed by atoms with Gasteiger partial charge in [0.2, 0.25) is 0 Å². The second-order valence-corrected chi connectivity index (χ2v) is 4.94. The molecule has 0 spiro atoms. The summed E-state index contributed by atoms with van der Waals surface area (Å²) in [5.41, 5.74) is 2.54. The van der Waals surface area contributed by atoms with Crippen LogP contribution in [0.3, 0.4) is 0 Å². The maximum absolute atomic E-state index is 4.42. The van der Waals surface area contributed by atoms with Gasteiger partial charge in [-0.05, 0) is 50.8 Å². The largest absolute Gasteiger partial charge is 0.317 e. The summed E-state index contributed by atoms with van der Waals surface area (Å²) in [5.74, 6) is 0.702. The Labute approximate surface area is 98.5 Å². The summed E-state index contributed by atoms with van der Waals surface area (Å²) < 4.78 is 0. The van der Waals surface area contributed by atoms with Crippen molar-refractivity contribution in [2.45, 2.75) is 51.0 Å². The SMILES string of the molecule is CNC1CCCCC(c2ccc(C)nc2)C1. The number of aryl methyl sites for hydroxylation is 1. The van der Waals surface area contributed by atoms with E-state index < -0.39 is 0 Å². The van der Waals surface area contributed by atoms with Gasteiger partial charge >= 0.3 is 0 Å². The summed E-state index contributed by atoms with van der Waals surface area (Å²) in [4.78, 5) is 4.42. The molecule has 1 heterocycles. The smallest absolute Gasteiger partial charge is 0.0372 e. The first-order chi connectivity index (χ1) is 7.79. The quantitative estimate of drug-likeness (QED) is 0.772. The van der Waals surface area contributed by atoms with Crippen LogP contribution in [-0.2, 0) is 0 Å². The van der Waals surface area contributed by atoms with Crippen molar-refractivity contribution in [3.63, 3.8) is 0 Å². The van der Waals surface area contributed by atoms with Crippen molar-refractivity contribution >= 4 is 0 Å². The van der Waals surface area contributed by atoms with E-state index in [1.165, 1.54) is 37.7 Å². The van der Waals surface area contributed by atoms with Gasteiger partial charge in [-0.25, -0.2) is 0 Å². The van der Waals surface area contributed by atoms with Crippen LogP contribution in [-0.4, -0.2) is 18.1 Å². The monoisotopic (exact) mass is 218 g/mol. The van der Waals surface area contributed by atoms with E-state index in [0.717, 1.165) is 5.69 Å². The summed E-state index contributed by atoms with van der Waals surface area (Å²) >= 11 is 0. The Kier molecular flexibility index (Phi) is 3.94. The van der Waals surface area contributed by atoms with Crippen LogP contribution < -0.4 is 5.32 Å². The van der Waals surface area contributed by atoms with Gasteiger partial charge in [0.1, 0.15) is 0 Å². The molecule has 1 fully saturated rings. The fraction of sp³-hybridized carbons (Fsp3) is 0.643. The van der Waals surface area contributed by atoms with Crippen LogP contribution in [0, 0.1) is 6.92 Å². The van der Waals surface area contributed by atoms with Gasteiger partial charge in [-0.2, -0.15) is 0 Å². The zero-order chi connectivity index (χ0) is 11.4. The Balaban J connectivity index is 2.09. The molecule has 1 aliphatic rings. The average Bonchev–Trinajstić information content (AvgIpc) is 2.55. The molecule has 2 nitrogen and oxygen atoms in total. The molecule has 0 saturated heterocycles. The third-order valence-electron chi connectivity index (χ3n) is 3.74. The van der Waals surface area contributed by atoms with Crippen molar-refractivity contribution in [2.75, 3.05) is 7.05 Å². The van der Waals surface area contributed by atoms with Crippen LogP contribution in [0.1, 0.15) is 49.3 Å². The van der Waals surface area contributed by atoms with Gasteiger partial charge in [0.05, 0.1) is 0 Å². The number of pyridine rings is 1. The van der Waals surface area contributed by atoms with Crippen molar-refractivity contribution in [1.82, 2.24) is 10.3 Å². The second-order valence-electron chi connectivity index (χ2n) is 4.94. The Bertz CT molecular complexity index is 318. The maximum atomic E-state index is 4.42. The predicted octanol–water partition coefficient (Wildman–Crippen LogP) is 3.03. The Morgan fingerprint density at radius 2 is 2.06 bits per heavy atom. The van der Waals surface area contributed by atoms with Gasteiger partial charge in [0.15, 0.2) is 0 Å². The van der Waals surface area contributed by atoms with Gasteiger partial charge in [-0.15, -0.1) is 0 Å². The average molecular weight is 218 g/mol. The lowest BCUT2D eigenvalue weighted by Gasteiger charge is -2.19. The van der Waals surface area contributed by atoms with E-state index in [9.17, 15) is 0 Å². The molecular weight excluding hydrogens is 196 g/mol. The van der Waals surface area contributed by atoms with Gasteiger partial charge < -0.3 is 5.32 Å². The minimum Gasteiger partial charge on any atom is -0.317 e. The van der Waals surface area contributed by atoms with E-state index in [1.54, 1.807) is 0 Å². The summed E-state index contributed by atoms with van der Waals surface area (Å²) in [6.07, 6.45) is 8.70. The van der Waals surface area contributed by atoms with Gasteiger partial charge in [0.25, 0.3) is 0 Å². The van der Waals surface area contributed by atoms with E-state index in [-0.39, 0.29) is 0 Å². The van der Waals surface area contributed by atoms with Crippen LogP contribution in [0.4, 0.5) is 0 Å². The first kappa shape index (κ1) is 11.6. The normalized spacial score (nSPS) is 26.4. The Morgan fingerprint density at radius 1 is 1.25 bits per heavy atom. The zero-order valence-electron chi connectivity index (χ0n) is 10.4. The third kappa shape index (κ3) is 2.82. The number of hydrogen-bond acceptors (Lipinski definition) is 2. The highest BCUT2D eigenvalue weighted by Crippen LogP contribution is 2.31. The lowest BCUT2D eigenvalue weighted by atomic mass is 9.91. The summed E-state index contributed by atoms with van der Waals surface area (Å²) in [6, 6.07) is 5.08. The number of aromatic nitrogens is 1. The minimum atomic E-state index is 0.689. The molecule has 1 aliphatic carbocycles. The predicted molar refractivity (Wildman–Crippen MR) is 67.6 cm³/mol. The van der Waals surface area contributed by atoms with Crippen molar-refractivity contribution < 1.29 is 0 Å². The van der Waals surface area contributed by atoms with Crippen molar-refractivity contribution in [3.05, 3.63) is 29.6 Å². The molecule has 2 unspecified atom stereocenters. The molecule has 88 valence electrons. The van der Waals surface area contributed by atoms with Gasteiger partial charge in [-0.1, -0.05) is 18.9 Å². The molecule has 0 amide bonds. The van der Waals surface area contributed by atoms with E-state index >= 15 is 0 Å². The van der Waals surface area contributed by atoms with Gasteiger partial charge in [-0.3, -0.25) is 4.98 Å². The molecule has 1 N–H and O–H groups in total. The topological polar surface area (TPSA) is 24.9 Å². The van der Waals surface area contributed by atoms with E-state index in [4.69, 9.17) is 0 Å². The molecule has 0 aliphatic heterocycles. The molecular formula is C14H22N2. The number of nitrogens with one attached hydrogen (secondary N) is 1. The molecule has 0 radical (unpaired) electrons. The summed E-state index contributed by atoms with van der Waals surface area (Å²) in [5, 5.41) is 3.43. The van der Waals surface area contributed by atoms with Gasteiger partial charge in [0, 0.05) is 17.9 Å². The van der Waals surface area contributed by atoms with Crippen molar-refractivity contribution in [2.24, 2.45) is 0 Å². The van der Waals surface area contributed by atoms with E-state index in [1.807, 2.05) is 6.92 Å². The maximum Gasteiger partial charge on any atom is 0.0372 e. The molecule has 1 saturated carbocycles. The van der Waals surface area contributed by atoms with Crippen LogP contribution in [0.5, 0.6) is 0 Å². The second kappa shape index (κ2) is 5.44. The number of nitrogens with zero attached hydrogens (tertiary/aromatic N) is 1. The van der Waals surface area contributed by atoms with Crippen molar-refractivity contribution in [3.8, 4) is 0 Å². The van der Waals surface area contributed by atoms with Crippen LogP contribution in [0.2, 0.25) is 0 Å². The highest BCUT2D eigenvalue weighted by Gasteiger charge is 2.20. The minimum absolute atomic E-state index is 0.689. The first-order valence-electron chi connectivity index (χ1n) is 6.39. The van der Waals surface area contributed by atoms with Crippen LogP contribution >= 0.6 is 0 Å². The Hall–Kier alpha value is -0.890. The zero-order valence-corrected chi connectivity index (χ0v) is 10.4. The Morgan fingerprint density at radius 3 is 2.75 bits per heavy atom. The molecule has 16 heavy (non-hydrogen) atoms. The highest BCUT2D eigenvalue weighted by atomic mass is 14.9. The molecule has 2 heteroatoms. The van der Waals surface area contributed by atoms with Crippen LogP contribution in [0.15, 0.2) is 18.3 Å². The fourth-order valence-electron chi connectivity index (χ4n) is 2.65. The molecule has 2 atom stereocenters. The summed E-state index contributed by atoms with van der Waals surface area (Å²) in [7, 11) is 2.08. The fourth-order valence-corrected chi connectivity index (χ4v) is 2.65. The van der Waals surface area contributed by atoms with E-state index in [0.29, 0.717) is 12.0 Å². The molecule has 0 bridgehead atoms. The lowest BCUT2D eigenvalue weighted by Crippen LogP contribution is -2.25. The molecule has 1 aromatic rings. The third-order valence-corrected chi connectivity index (χ3v) is 3.74. The number of rotatable bonds is 2. The molecule has 1 aromatic heterocycles. The van der Waals surface area contributed by atoms with Crippen molar-refractivity contribution in [1.29, 1.82) is 0 Å². The first-order valence-corrected chi connectivity index (χ1v) is 6.39.